The molecule has 122 valence electrons. The molecule has 0 aliphatic heterocycles. The molecule has 0 saturated heterocycles. The fourth-order valence-corrected chi connectivity index (χ4v) is 2.66. The number of aromatic nitrogens is 2. The molecule has 3 rings (SSSR count). The second-order valence-electron chi connectivity index (χ2n) is 5.55. The molecule has 0 bridgehead atoms. The Morgan fingerprint density at radius 1 is 1.33 bits per heavy atom. The second-order valence-corrected chi connectivity index (χ2v) is 5.55. The zero-order valence-corrected chi connectivity index (χ0v) is 13.2. The lowest BCUT2D eigenvalue weighted by Gasteiger charge is -2.09. The first kappa shape index (κ1) is 15.7. The van der Waals surface area contributed by atoms with Crippen LogP contribution < -0.4 is 11.1 Å². The van der Waals surface area contributed by atoms with Crippen LogP contribution in [0.2, 0.25) is 0 Å². The van der Waals surface area contributed by atoms with Crippen molar-refractivity contribution in [1.82, 2.24) is 14.9 Å². The number of aryl methyl sites for hydroxylation is 2. The number of guanidine groups is 1. The van der Waals surface area contributed by atoms with Gasteiger partial charge in [-0.25, -0.2) is 9.37 Å². The van der Waals surface area contributed by atoms with Crippen LogP contribution in [0, 0.1) is 25.1 Å². The van der Waals surface area contributed by atoms with Gasteiger partial charge in [0.2, 0.25) is 0 Å². The van der Waals surface area contributed by atoms with Gasteiger partial charge in [-0.3, -0.25) is 15.5 Å². The van der Waals surface area contributed by atoms with Crippen LogP contribution in [0.1, 0.15) is 21.6 Å². The molecule has 7 heteroatoms. The Hall–Kier alpha value is -3.22. The van der Waals surface area contributed by atoms with E-state index in [0.717, 1.165) is 5.69 Å². The summed E-state index contributed by atoms with van der Waals surface area (Å²) in [7, 11) is 0. The highest BCUT2D eigenvalue weighted by Crippen LogP contribution is 2.25. The fourth-order valence-electron chi connectivity index (χ4n) is 2.66. The van der Waals surface area contributed by atoms with Crippen LogP contribution in [-0.2, 0) is 0 Å². The molecule has 24 heavy (non-hydrogen) atoms. The Balaban J connectivity index is 2.17. The molecule has 0 aliphatic rings. The first-order valence-corrected chi connectivity index (χ1v) is 7.27. The van der Waals surface area contributed by atoms with E-state index in [1.165, 1.54) is 6.07 Å². The maximum atomic E-state index is 14.0. The number of pyridine rings is 1. The van der Waals surface area contributed by atoms with Crippen LogP contribution in [0.3, 0.4) is 0 Å². The summed E-state index contributed by atoms with van der Waals surface area (Å²) in [5.41, 5.74) is 7.99. The average molecular weight is 325 g/mol. The van der Waals surface area contributed by atoms with Crippen LogP contribution in [0.25, 0.3) is 16.6 Å². The number of benzene rings is 1. The molecule has 6 nitrogen and oxygen atoms in total. The molecular weight excluding hydrogens is 309 g/mol. The number of carbonyl (C=O) groups excluding carboxylic acids is 1. The third-order valence-corrected chi connectivity index (χ3v) is 3.69. The van der Waals surface area contributed by atoms with Crippen molar-refractivity contribution in [3.8, 4) is 5.69 Å². The van der Waals surface area contributed by atoms with Crippen molar-refractivity contribution in [2.45, 2.75) is 13.8 Å². The smallest absolute Gasteiger partial charge is 0.259 e. The van der Waals surface area contributed by atoms with Gasteiger partial charge in [0, 0.05) is 23.5 Å². The number of hydrogen-bond donors (Lipinski definition) is 3. The highest BCUT2D eigenvalue weighted by molar-refractivity contribution is 6.05. The number of amides is 1. The number of nitrogens with two attached hydrogens (primary N) is 1. The summed E-state index contributed by atoms with van der Waals surface area (Å²) in [6, 6.07) is 6.60. The highest BCUT2D eigenvalue weighted by Gasteiger charge is 2.15. The third kappa shape index (κ3) is 2.71. The number of para-hydroxylation sites is 1. The molecular formula is C17H16FN5O. The van der Waals surface area contributed by atoms with E-state index in [9.17, 15) is 9.18 Å². The van der Waals surface area contributed by atoms with Crippen molar-refractivity contribution in [2.24, 2.45) is 5.73 Å². The number of carbonyl (C=O) groups is 1. The quantitative estimate of drug-likeness (QED) is 0.498. The van der Waals surface area contributed by atoms with E-state index in [1.54, 1.807) is 42.9 Å². The summed E-state index contributed by atoms with van der Waals surface area (Å²) in [4.78, 5) is 16.3. The van der Waals surface area contributed by atoms with Crippen molar-refractivity contribution >= 4 is 22.8 Å². The summed E-state index contributed by atoms with van der Waals surface area (Å²) in [5.74, 6) is -1.27. The Kier molecular flexibility index (Phi) is 3.76. The van der Waals surface area contributed by atoms with Crippen LogP contribution in [0.4, 0.5) is 4.39 Å². The maximum Gasteiger partial charge on any atom is 0.259 e. The van der Waals surface area contributed by atoms with Gasteiger partial charge in [0.1, 0.15) is 11.3 Å². The Labute approximate surface area is 137 Å². The molecule has 4 N–H and O–H groups in total. The van der Waals surface area contributed by atoms with Crippen molar-refractivity contribution in [2.75, 3.05) is 0 Å². The minimum absolute atomic E-state index is 0.286. The molecule has 0 aliphatic carbocycles. The molecule has 1 aromatic carbocycles. The van der Waals surface area contributed by atoms with Crippen molar-refractivity contribution in [3.63, 3.8) is 0 Å². The van der Waals surface area contributed by atoms with E-state index >= 15 is 0 Å². The topological polar surface area (TPSA) is 96.8 Å². The summed E-state index contributed by atoms with van der Waals surface area (Å²) >= 11 is 0. The molecule has 0 unspecified atom stereocenters. The molecule has 0 atom stereocenters. The largest absolute Gasteiger partial charge is 0.370 e. The van der Waals surface area contributed by atoms with Crippen molar-refractivity contribution in [1.29, 1.82) is 5.41 Å². The van der Waals surface area contributed by atoms with Crippen LogP contribution >= 0.6 is 0 Å². The molecule has 2 aromatic heterocycles. The second kappa shape index (κ2) is 5.77. The molecule has 1 amide bonds. The number of halogens is 1. The SMILES string of the molecule is Cc1cc(-n2cc(C)c(C(=O)NC(=N)N)c2)c2cccc(F)c2n1. The number of fused-ring (bicyclic) bond motifs is 1. The van der Waals surface area contributed by atoms with Gasteiger partial charge in [0.15, 0.2) is 5.96 Å². The monoisotopic (exact) mass is 325 g/mol. The van der Waals surface area contributed by atoms with Crippen molar-refractivity contribution in [3.05, 3.63) is 59.3 Å². The number of rotatable bonds is 2. The number of nitrogens with one attached hydrogen (secondary N) is 2. The van der Waals surface area contributed by atoms with Gasteiger partial charge in [-0.05, 0) is 31.5 Å². The lowest BCUT2D eigenvalue weighted by Crippen LogP contribution is -2.35. The van der Waals surface area contributed by atoms with Gasteiger partial charge in [-0.1, -0.05) is 12.1 Å². The van der Waals surface area contributed by atoms with E-state index in [2.05, 4.69) is 10.3 Å². The van der Waals surface area contributed by atoms with E-state index < -0.39 is 17.7 Å². The molecule has 0 radical (unpaired) electrons. The summed E-state index contributed by atoms with van der Waals surface area (Å²) < 4.78 is 15.8. The lowest BCUT2D eigenvalue weighted by atomic mass is 10.1. The Bertz CT molecular complexity index is 977. The lowest BCUT2D eigenvalue weighted by molar-refractivity contribution is 0.0976. The van der Waals surface area contributed by atoms with Gasteiger partial charge in [-0.15, -0.1) is 0 Å². The summed E-state index contributed by atoms with van der Waals surface area (Å²) in [5, 5.41) is 10.1. The minimum atomic E-state index is -0.458. The number of nitrogens with zero attached hydrogens (tertiary/aromatic N) is 2. The van der Waals surface area contributed by atoms with Gasteiger partial charge in [0.05, 0.1) is 11.3 Å². The van der Waals surface area contributed by atoms with Crippen LogP contribution in [-0.4, -0.2) is 21.4 Å². The van der Waals surface area contributed by atoms with E-state index in [0.29, 0.717) is 22.2 Å². The summed E-state index contributed by atoms with van der Waals surface area (Å²) in [6.07, 6.45) is 3.40. The molecule has 0 fully saturated rings. The van der Waals surface area contributed by atoms with E-state index in [-0.39, 0.29) is 5.52 Å². The first-order valence-electron chi connectivity index (χ1n) is 7.27. The Morgan fingerprint density at radius 3 is 2.79 bits per heavy atom. The van der Waals surface area contributed by atoms with E-state index in [1.807, 2.05) is 6.07 Å². The van der Waals surface area contributed by atoms with Gasteiger partial charge >= 0.3 is 0 Å². The standard InChI is InChI=1S/C17H16FN5O/c1-9-7-23(8-12(9)16(24)22-17(19)20)14-6-10(2)21-15-11(14)4-3-5-13(15)18/h3-8H,1-2H3,(H4,19,20,22,24). The predicted molar refractivity (Wildman–Crippen MR) is 89.9 cm³/mol. The summed E-state index contributed by atoms with van der Waals surface area (Å²) in [6.45, 7) is 3.57. The Morgan fingerprint density at radius 2 is 2.08 bits per heavy atom. The number of hydrogen-bond acceptors (Lipinski definition) is 3. The van der Waals surface area contributed by atoms with Crippen LogP contribution in [0.15, 0.2) is 36.7 Å². The van der Waals surface area contributed by atoms with Gasteiger partial charge in [-0.2, -0.15) is 0 Å². The third-order valence-electron chi connectivity index (χ3n) is 3.69. The molecule has 0 saturated carbocycles. The molecule has 2 heterocycles. The van der Waals surface area contributed by atoms with Gasteiger partial charge in [0.25, 0.3) is 5.91 Å². The average Bonchev–Trinajstić information content (AvgIpc) is 2.89. The highest BCUT2D eigenvalue weighted by atomic mass is 19.1. The van der Waals surface area contributed by atoms with Crippen LogP contribution in [0.5, 0.6) is 0 Å². The van der Waals surface area contributed by atoms with Gasteiger partial charge < -0.3 is 10.3 Å². The first-order chi connectivity index (χ1) is 11.4. The molecule has 0 spiro atoms. The van der Waals surface area contributed by atoms with E-state index in [4.69, 9.17) is 11.1 Å². The van der Waals surface area contributed by atoms with Crippen molar-refractivity contribution < 1.29 is 9.18 Å². The predicted octanol–water partition coefficient (Wildman–Crippen LogP) is 2.40. The fraction of sp³-hybridized carbons (Fsp3) is 0.118. The minimum Gasteiger partial charge on any atom is -0.370 e. The molecule has 3 aromatic rings. The maximum absolute atomic E-state index is 14.0. The zero-order chi connectivity index (χ0) is 17.4. The zero-order valence-electron chi connectivity index (χ0n) is 13.2. The normalized spacial score (nSPS) is 10.8.